The number of aryl methyl sites for hydroxylation is 1. The van der Waals surface area contributed by atoms with Crippen molar-refractivity contribution in [3.8, 4) is 0 Å². The lowest BCUT2D eigenvalue weighted by molar-refractivity contribution is -0.117. The van der Waals surface area contributed by atoms with Gasteiger partial charge in [-0.15, -0.1) is 0 Å². The van der Waals surface area contributed by atoms with Crippen LogP contribution in [0.4, 0.5) is 5.82 Å². The van der Waals surface area contributed by atoms with Gasteiger partial charge in [-0.1, -0.05) is 32.0 Å². The molecule has 0 bridgehead atoms. The van der Waals surface area contributed by atoms with Crippen LogP contribution in [-0.4, -0.2) is 30.2 Å². The summed E-state index contributed by atoms with van der Waals surface area (Å²) in [4.78, 5) is 33.4. The highest BCUT2D eigenvalue weighted by Crippen LogP contribution is 2.30. The van der Waals surface area contributed by atoms with Gasteiger partial charge in [0, 0.05) is 29.5 Å². The molecule has 0 radical (unpaired) electrons. The number of carbonyl (C=O) groups excluding carboxylic acids is 1. The van der Waals surface area contributed by atoms with Crippen LogP contribution in [0.3, 0.4) is 0 Å². The fourth-order valence-corrected chi connectivity index (χ4v) is 3.44. The molecule has 4 aromatic rings. The van der Waals surface area contributed by atoms with Crippen LogP contribution >= 0.6 is 0 Å². The van der Waals surface area contributed by atoms with Crippen molar-refractivity contribution in [2.45, 2.75) is 26.3 Å². The normalized spacial score (nSPS) is 11.4. The molecule has 0 atom stereocenters. The van der Waals surface area contributed by atoms with Gasteiger partial charge in [-0.3, -0.25) is 9.59 Å². The molecule has 0 unspecified atom stereocenters. The molecule has 3 heterocycles. The third kappa shape index (κ3) is 2.92. The van der Waals surface area contributed by atoms with E-state index in [1.807, 2.05) is 49.7 Å². The molecule has 142 valence electrons. The largest absolute Gasteiger partial charge is 0.339 e. The number of benzene rings is 1. The summed E-state index contributed by atoms with van der Waals surface area (Å²) in [7, 11) is 1.86. The Morgan fingerprint density at radius 2 is 2.00 bits per heavy atom. The van der Waals surface area contributed by atoms with Crippen LogP contribution < -0.4 is 10.9 Å². The number of rotatable bonds is 4. The molecule has 0 saturated carbocycles. The lowest BCUT2D eigenvalue weighted by atomic mass is 10.0. The maximum absolute atomic E-state index is 13.2. The summed E-state index contributed by atoms with van der Waals surface area (Å²) in [6.07, 6.45) is 2.88. The highest BCUT2D eigenvalue weighted by Gasteiger charge is 2.21. The molecule has 1 N–H and O–H groups in total. The Morgan fingerprint density at radius 1 is 1.21 bits per heavy atom. The van der Waals surface area contributed by atoms with E-state index in [2.05, 4.69) is 20.4 Å². The molecule has 0 aliphatic rings. The first-order chi connectivity index (χ1) is 13.5. The fraction of sp³-hybridized carbons (Fsp3) is 0.250. The molecule has 1 aromatic carbocycles. The molecule has 0 saturated heterocycles. The first-order valence-corrected chi connectivity index (χ1v) is 9.01. The zero-order chi connectivity index (χ0) is 19.8. The van der Waals surface area contributed by atoms with Gasteiger partial charge in [0.05, 0.1) is 5.69 Å². The van der Waals surface area contributed by atoms with Gasteiger partial charge >= 0.3 is 0 Å². The summed E-state index contributed by atoms with van der Waals surface area (Å²) in [5.74, 6) is 0.0917. The highest BCUT2D eigenvalue weighted by molar-refractivity contribution is 6.09. The first-order valence-electron chi connectivity index (χ1n) is 9.01. The van der Waals surface area contributed by atoms with Crippen molar-refractivity contribution in [2.24, 2.45) is 7.05 Å². The summed E-state index contributed by atoms with van der Waals surface area (Å²) in [5, 5.41) is 9.05. The number of amides is 1. The molecule has 1 amide bonds. The summed E-state index contributed by atoms with van der Waals surface area (Å²) < 4.78 is 3.10. The minimum atomic E-state index is -0.374. The van der Waals surface area contributed by atoms with E-state index in [1.54, 1.807) is 6.07 Å². The number of aromatic nitrogens is 5. The second-order valence-electron chi connectivity index (χ2n) is 6.95. The van der Waals surface area contributed by atoms with Gasteiger partial charge in [-0.2, -0.15) is 5.10 Å². The van der Waals surface area contributed by atoms with Crippen molar-refractivity contribution < 1.29 is 4.79 Å². The van der Waals surface area contributed by atoms with Crippen molar-refractivity contribution in [3.63, 3.8) is 0 Å². The third-order valence-corrected chi connectivity index (χ3v) is 4.72. The van der Waals surface area contributed by atoms with E-state index in [0.717, 1.165) is 22.0 Å². The number of carbonyl (C=O) groups is 1. The Hall–Kier alpha value is -3.55. The molecular weight excluding hydrogens is 356 g/mol. The van der Waals surface area contributed by atoms with E-state index in [-0.39, 0.29) is 23.9 Å². The van der Waals surface area contributed by atoms with Crippen LogP contribution in [0.25, 0.3) is 21.8 Å². The average molecular weight is 376 g/mol. The number of hydrogen-bond donors (Lipinski definition) is 1. The zero-order valence-corrected chi connectivity index (χ0v) is 15.9. The first kappa shape index (κ1) is 17.8. The molecule has 0 aliphatic carbocycles. The van der Waals surface area contributed by atoms with Crippen LogP contribution in [-0.2, 0) is 18.4 Å². The van der Waals surface area contributed by atoms with E-state index in [1.165, 1.54) is 17.2 Å². The van der Waals surface area contributed by atoms with E-state index in [4.69, 9.17) is 0 Å². The maximum Gasteiger partial charge on any atom is 0.291 e. The Morgan fingerprint density at radius 3 is 2.71 bits per heavy atom. The monoisotopic (exact) mass is 376 g/mol. The second kappa shape index (κ2) is 6.88. The summed E-state index contributed by atoms with van der Waals surface area (Å²) in [6.45, 7) is 3.86. The van der Waals surface area contributed by atoms with E-state index >= 15 is 0 Å². The highest BCUT2D eigenvalue weighted by atomic mass is 16.2. The van der Waals surface area contributed by atoms with Gasteiger partial charge < -0.3 is 9.88 Å². The van der Waals surface area contributed by atoms with E-state index < -0.39 is 0 Å². The van der Waals surface area contributed by atoms with Gasteiger partial charge in [-0.25, -0.2) is 14.6 Å². The van der Waals surface area contributed by atoms with Gasteiger partial charge in [0.2, 0.25) is 5.91 Å². The minimum absolute atomic E-state index is 0.0880. The Labute approximate surface area is 160 Å². The van der Waals surface area contributed by atoms with Gasteiger partial charge in [0.1, 0.15) is 24.2 Å². The summed E-state index contributed by atoms with van der Waals surface area (Å²) in [6, 6.07) is 9.45. The van der Waals surface area contributed by atoms with Crippen LogP contribution in [0.1, 0.15) is 25.5 Å². The molecule has 8 nitrogen and oxygen atoms in total. The summed E-state index contributed by atoms with van der Waals surface area (Å²) >= 11 is 0. The lowest BCUT2D eigenvalue weighted by Crippen LogP contribution is -2.31. The van der Waals surface area contributed by atoms with Crippen molar-refractivity contribution in [1.29, 1.82) is 0 Å². The predicted octanol–water partition coefficient (Wildman–Crippen LogP) is 2.44. The second-order valence-corrected chi connectivity index (χ2v) is 6.95. The molecule has 4 rings (SSSR count). The number of nitrogens with zero attached hydrogens (tertiary/aromatic N) is 5. The predicted molar refractivity (Wildman–Crippen MR) is 107 cm³/mol. The third-order valence-electron chi connectivity index (χ3n) is 4.72. The molecular formula is C20H20N6O2. The fourth-order valence-electron chi connectivity index (χ4n) is 3.44. The van der Waals surface area contributed by atoms with Crippen LogP contribution in [0.2, 0.25) is 0 Å². The maximum atomic E-state index is 13.2. The zero-order valence-electron chi connectivity index (χ0n) is 15.9. The van der Waals surface area contributed by atoms with Crippen LogP contribution in [0.15, 0.2) is 47.7 Å². The SMILES string of the molecule is CC(C)c1nn(CC(=O)Nc2ccncn2)c(=O)c2c1c1ccccc1n2C. The van der Waals surface area contributed by atoms with E-state index in [9.17, 15) is 9.59 Å². The molecule has 0 fully saturated rings. The van der Waals surface area contributed by atoms with Crippen LogP contribution in [0, 0.1) is 0 Å². The smallest absolute Gasteiger partial charge is 0.291 e. The molecule has 28 heavy (non-hydrogen) atoms. The standard InChI is InChI=1S/C20H20N6O2/c1-12(2)18-17-13-6-4-5-7-14(13)25(3)19(17)20(28)26(24-18)10-16(27)23-15-8-9-21-11-22-15/h4-9,11-12H,10H2,1-3H3,(H,21,22,23,27). The number of anilines is 1. The summed E-state index contributed by atoms with van der Waals surface area (Å²) in [5.41, 5.74) is 2.01. The number of para-hydroxylation sites is 1. The Bertz CT molecular complexity index is 1240. The quantitative estimate of drug-likeness (QED) is 0.590. The van der Waals surface area contributed by atoms with Gasteiger partial charge in [0.15, 0.2) is 0 Å². The minimum Gasteiger partial charge on any atom is -0.339 e. The van der Waals surface area contributed by atoms with Crippen molar-refractivity contribution in [1.82, 2.24) is 24.3 Å². The van der Waals surface area contributed by atoms with Gasteiger partial charge in [-0.05, 0) is 18.1 Å². The molecule has 3 aromatic heterocycles. The average Bonchev–Trinajstić information content (AvgIpc) is 2.98. The Balaban J connectivity index is 1.85. The van der Waals surface area contributed by atoms with Crippen molar-refractivity contribution >= 4 is 33.5 Å². The van der Waals surface area contributed by atoms with Crippen molar-refractivity contribution in [2.75, 3.05) is 5.32 Å². The number of nitrogens with one attached hydrogen (secondary N) is 1. The van der Waals surface area contributed by atoms with Crippen LogP contribution in [0.5, 0.6) is 0 Å². The number of hydrogen-bond acceptors (Lipinski definition) is 5. The molecule has 0 aliphatic heterocycles. The number of fused-ring (bicyclic) bond motifs is 3. The molecule has 0 spiro atoms. The topological polar surface area (TPSA) is 94.7 Å². The van der Waals surface area contributed by atoms with Crippen molar-refractivity contribution in [3.05, 3.63) is 58.9 Å². The van der Waals surface area contributed by atoms with E-state index in [0.29, 0.717) is 11.3 Å². The molecule has 8 heteroatoms. The lowest BCUT2D eigenvalue weighted by Gasteiger charge is -2.12. The Kier molecular flexibility index (Phi) is 4.38. The van der Waals surface area contributed by atoms with Gasteiger partial charge in [0.25, 0.3) is 5.56 Å².